The molecular formula is C10H6N2O4. The van der Waals surface area contributed by atoms with Gasteiger partial charge in [0.1, 0.15) is 0 Å². The molecule has 0 unspecified atom stereocenters. The van der Waals surface area contributed by atoms with Crippen LogP contribution in [0.5, 0.6) is 0 Å². The van der Waals surface area contributed by atoms with Gasteiger partial charge in [-0.1, -0.05) is 34.6 Å². The standard InChI is InChI=1S/C10H6N2O4/c13-9-6-4-2-1-3-5(6)7(11-15)10(14)8(9)12-16/h1-4,15-16H/b11-7+,12-8-. The van der Waals surface area contributed by atoms with Gasteiger partial charge in [-0.05, 0) is 0 Å². The number of nitrogens with zero attached hydrogens (tertiary/aromatic N) is 2. The lowest BCUT2D eigenvalue weighted by Gasteiger charge is -1.94. The number of hydrogen-bond donors (Lipinski definition) is 2. The SMILES string of the molecule is O=c1/c(=N\O)c(=O)c2ccccc2/c1=N\O. The number of benzene rings is 2. The van der Waals surface area contributed by atoms with Crippen LogP contribution in [0.25, 0.3) is 10.8 Å². The number of hydrogen-bond acceptors (Lipinski definition) is 6. The van der Waals surface area contributed by atoms with Crippen LogP contribution in [0.2, 0.25) is 0 Å². The highest BCUT2D eigenvalue weighted by molar-refractivity contribution is 5.81. The average Bonchev–Trinajstić information content (AvgIpc) is 2.30. The Balaban J connectivity index is 3.36. The molecule has 6 nitrogen and oxygen atoms in total. The van der Waals surface area contributed by atoms with Crippen LogP contribution in [0.15, 0.2) is 44.2 Å². The summed E-state index contributed by atoms with van der Waals surface area (Å²) >= 11 is 0. The quantitative estimate of drug-likeness (QED) is 0.438. The van der Waals surface area contributed by atoms with Crippen molar-refractivity contribution in [1.29, 1.82) is 0 Å². The molecule has 0 fully saturated rings. The lowest BCUT2D eigenvalue weighted by Crippen LogP contribution is -2.48. The van der Waals surface area contributed by atoms with Gasteiger partial charge in [0.25, 0.3) is 0 Å². The minimum atomic E-state index is -0.895. The normalized spacial score (nSPS) is 13.5. The second-order valence-corrected chi connectivity index (χ2v) is 3.10. The Kier molecular flexibility index (Phi) is 2.24. The van der Waals surface area contributed by atoms with Crippen molar-refractivity contribution in [3.8, 4) is 0 Å². The predicted molar refractivity (Wildman–Crippen MR) is 53.6 cm³/mol. The molecule has 0 heterocycles. The van der Waals surface area contributed by atoms with Crippen molar-refractivity contribution in [3.63, 3.8) is 0 Å². The summed E-state index contributed by atoms with van der Waals surface area (Å²) in [6.45, 7) is 0. The first-order valence-electron chi connectivity index (χ1n) is 4.33. The molecule has 0 spiro atoms. The maximum absolute atomic E-state index is 11.7. The van der Waals surface area contributed by atoms with Gasteiger partial charge in [-0.15, -0.1) is 0 Å². The highest BCUT2D eigenvalue weighted by Crippen LogP contribution is 2.00. The molecule has 2 aromatic rings. The van der Waals surface area contributed by atoms with Gasteiger partial charge >= 0.3 is 0 Å². The molecule has 2 aromatic carbocycles. The van der Waals surface area contributed by atoms with Crippen LogP contribution >= 0.6 is 0 Å². The van der Waals surface area contributed by atoms with E-state index in [2.05, 4.69) is 10.3 Å². The first kappa shape index (κ1) is 10.0. The topological polar surface area (TPSA) is 99.3 Å². The van der Waals surface area contributed by atoms with E-state index in [4.69, 9.17) is 10.4 Å². The van der Waals surface area contributed by atoms with Crippen molar-refractivity contribution in [1.82, 2.24) is 0 Å². The Morgan fingerprint density at radius 1 is 0.812 bits per heavy atom. The highest BCUT2D eigenvalue weighted by Gasteiger charge is 2.09. The van der Waals surface area contributed by atoms with Crippen molar-refractivity contribution in [3.05, 3.63) is 55.4 Å². The molecule has 0 aliphatic heterocycles. The molecule has 2 N–H and O–H groups in total. The van der Waals surface area contributed by atoms with Gasteiger partial charge in [0, 0.05) is 10.8 Å². The summed E-state index contributed by atoms with van der Waals surface area (Å²) in [5, 5.41) is 22.2. The average molecular weight is 218 g/mol. The molecule has 0 amide bonds. The monoisotopic (exact) mass is 218 g/mol. The highest BCUT2D eigenvalue weighted by atomic mass is 16.4. The van der Waals surface area contributed by atoms with E-state index in [1.807, 2.05) is 0 Å². The van der Waals surface area contributed by atoms with E-state index in [0.29, 0.717) is 0 Å². The molecule has 80 valence electrons. The smallest absolute Gasteiger partial charge is 0.241 e. The summed E-state index contributed by atoms with van der Waals surface area (Å²) in [6.07, 6.45) is 0. The molecule has 2 rings (SSSR count). The van der Waals surface area contributed by atoms with Gasteiger partial charge in [0.05, 0.1) is 0 Å². The molecule has 0 aromatic heterocycles. The van der Waals surface area contributed by atoms with E-state index < -0.39 is 16.2 Å². The minimum Gasteiger partial charge on any atom is -0.410 e. The fourth-order valence-corrected chi connectivity index (χ4v) is 1.54. The molecular weight excluding hydrogens is 212 g/mol. The molecule has 0 radical (unpaired) electrons. The van der Waals surface area contributed by atoms with E-state index in [-0.39, 0.29) is 16.1 Å². The third kappa shape index (κ3) is 1.20. The van der Waals surface area contributed by atoms with Crippen LogP contribution in [0.4, 0.5) is 0 Å². The van der Waals surface area contributed by atoms with Crippen LogP contribution in [-0.2, 0) is 0 Å². The molecule has 0 bridgehead atoms. The van der Waals surface area contributed by atoms with Gasteiger partial charge in [0.15, 0.2) is 10.7 Å². The molecule has 0 aliphatic rings. The van der Waals surface area contributed by atoms with Crippen molar-refractivity contribution >= 4 is 10.8 Å². The first-order valence-corrected chi connectivity index (χ1v) is 4.33. The van der Waals surface area contributed by atoms with Crippen LogP contribution < -0.4 is 21.6 Å². The van der Waals surface area contributed by atoms with E-state index >= 15 is 0 Å². The summed E-state index contributed by atoms with van der Waals surface area (Å²) in [6, 6.07) is 6.14. The van der Waals surface area contributed by atoms with Gasteiger partial charge in [-0.2, -0.15) is 0 Å². The summed E-state index contributed by atoms with van der Waals surface area (Å²) in [4.78, 5) is 23.2. The first-order chi connectivity index (χ1) is 7.70. The maximum atomic E-state index is 11.7. The Hall–Kier alpha value is -2.50. The zero-order valence-corrected chi connectivity index (χ0v) is 7.91. The van der Waals surface area contributed by atoms with Gasteiger partial charge < -0.3 is 10.4 Å². The van der Waals surface area contributed by atoms with Crippen molar-refractivity contribution in [2.24, 2.45) is 10.3 Å². The summed E-state index contributed by atoms with van der Waals surface area (Å²) < 4.78 is 0. The zero-order chi connectivity index (χ0) is 11.7. The minimum absolute atomic E-state index is 0.169. The van der Waals surface area contributed by atoms with Gasteiger partial charge in [0.2, 0.25) is 10.9 Å². The second kappa shape index (κ2) is 3.58. The molecule has 0 aliphatic carbocycles. The van der Waals surface area contributed by atoms with Crippen molar-refractivity contribution in [2.45, 2.75) is 0 Å². The van der Waals surface area contributed by atoms with E-state index in [9.17, 15) is 9.59 Å². The Morgan fingerprint density at radius 2 is 1.38 bits per heavy atom. The van der Waals surface area contributed by atoms with E-state index in [0.717, 1.165) is 0 Å². The van der Waals surface area contributed by atoms with Gasteiger partial charge in [-0.3, -0.25) is 9.59 Å². The third-order valence-electron chi connectivity index (χ3n) is 2.27. The third-order valence-corrected chi connectivity index (χ3v) is 2.27. The Morgan fingerprint density at radius 3 is 1.94 bits per heavy atom. The Bertz CT molecular complexity index is 770. The predicted octanol–water partition coefficient (Wildman–Crippen LogP) is -0.984. The Labute approximate surface area is 87.7 Å². The maximum Gasteiger partial charge on any atom is 0.241 e. The lowest BCUT2D eigenvalue weighted by molar-refractivity contribution is 0.296. The van der Waals surface area contributed by atoms with Crippen molar-refractivity contribution < 1.29 is 10.4 Å². The van der Waals surface area contributed by atoms with Crippen molar-refractivity contribution in [2.75, 3.05) is 0 Å². The molecule has 0 saturated carbocycles. The summed E-state index contributed by atoms with van der Waals surface area (Å²) in [7, 11) is 0. The second-order valence-electron chi connectivity index (χ2n) is 3.10. The molecule has 0 atom stereocenters. The van der Waals surface area contributed by atoms with E-state index in [1.165, 1.54) is 12.1 Å². The molecule has 0 saturated heterocycles. The van der Waals surface area contributed by atoms with Crippen LogP contribution in [-0.4, -0.2) is 10.4 Å². The van der Waals surface area contributed by atoms with E-state index in [1.54, 1.807) is 12.1 Å². The van der Waals surface area contributed by atoms with Gasteiger partial charge in [-0.25, -0.2) is 0 Å². The number of rotatable bonds is 0. The van der Waals surface area contributed by atoms with Crippen LogP contribution in [0, 0.1) is 0 Å². The summed E-state index contributed by atoms with van der Waals surface area (Å²) in [5.41, 5.74) is -1.58. The fourth-order valence-electron chi connectivity index (χ4n) is 1.54. The molecule has 16 heavy (non-hydrogen) atoms. The largest absolute Gasteiger partial charge is 0.410 e. The van der Waals surface area contributed by atoms with Crippen LogP contribution in [0.1, 0.15) is 0 Å². The molecule has 6 heteroatoms. The summed E-state index contributed by atoms with van der Waals surface area (Å²) in [5.74, 6) is 0. The fraction of sp³-hybridized carbons (Fsp3) is 0. The zero-order valence-electron chi connectivity index (χ0n) is 7.91. The lowest BCUT2D eigenvalue weighted by atomic mass is 10.1. The number of fused-ring (bicyclic) bond motifs is 1. The van der Waals surface area contributed by atoms with Crippen LogP contribution in [0.3, 0.4) is 0 Å².